The van der Waals surface area contributed by atoms with Crippen molar-refractivity contribution in [3.8, 4) is 5.75 Å². The van der Waals surface area contributed by atoms with Gasteiger partial charge in [0.15, 0.2) is 0 Å². The van der Waals surface area contributed by atoms with Gasteiger partial charge in [0, 0.05) is 18.1 Å². The van der Waals surface area contributed by atoms with Crippen molar-refractivity contribution in [2.24, 2.45) is 0 Å². The quantitative estimate of drug-likeness (QED) is 0.812. The number of hydrogen-bond donors (Lipinski definition) is 1. The Kier molecular flexibility index (Phi) is 6.49. The van der Waals surface area contributed by atoms with E-state index in [1.807, 2.05) is 13.8 Å². The fourth-order valence-electron chi connectivity index (χ4n) is 2.56. The second-order valence-electron chi connectivity index (χ2n) is 5.60. The molecule has 0 bridgehead atoms. The van der Waals surface area contributed by atoms with Crippen molar-refractivity contribution in [2.45, 2.75) is 26.1 Å². The Bertz CT molecular complexity index is 471. The molecule has 1 amide bonds. The van der Waals surface area contributed by atoms with Crippen molar-refractivity contribution in [1.82, 2.24) is 10.2 Å². The summed E-state index contributed by atoms with van der Waals surface area (Å²) in [5.74, 6) is 0.760. The maximum absolute atomic E-state index is 11.9. The molecule has 0 aliphatic carbocycles. The van der Waals surface area contributed by atoms with Crippen LogP contribution in [0.4, 0.5) is 0 Å². The number of nitrogens with zero attached hydrogens (tertiary/aromatic N) is 1. The van der Waals surface area contributed by atoms with E-state index in [-0.39, 0.29) is 18.1 Å². The summed E-state index contributed by atoms with van der Waals surface area (Å²) < 4.78 is 11.2. The summed E-state index contributed by atoms with van der Waals surface area (Å²) in [6.45, 7) is 6.96. The van der Waals surface area contributed by atoms with E-state index in [1.165, 1.54) is 0 Å². The van der Waals surface area contributed by atoms with E-state index in [9.17, 15) is 4.79 Å². The molecular formula is C16H23ClN2O3. The minimum absolute atomic E-state index is 0.0148. The van der Waals surface area contributed by atoms with Crippen LogP contribution in [0.25, 0.3) is 0 Å². The molecule has 1 aromatic rings. The van der Waals surface area contributed by atoms with Crippen molar-refractivity contribution in [2.75, 3.05) is 32.8 Å². The van der Waals surface area contributed by atoms with Gasteiger partial charge in [0.25, 0.3) is 0 Å². The predicted molar refractivity (Wildman–Crippen MR) is 86.4 cm³/mol. The van der Waals surface area contributed by atoms with E-state index in [2.05, 4.69) is 10.2 Å². The highest BCUT2D eigenvalue weighted by Crippen LogP contribution is 2.15. The second-order valence-corrected chi connectivity index (χ2v) is 6.04. The molecule has 2 unspecified atom stereocenters. The predicted octanol–water partition coefficient (Wildman–Crippen LogP) is 1.94. The summed E-state index contributed by atoms with van der Waals surface area (Å²) in [6.07, 6.45) is 0.342. The molecule has 0 aromatic heterocycles. The summed E-state index contributed by atoms with van der Waals surface area (Å²) in [5, 5.41) is 3.54. The van der Waals surface area contributed by atoms with Gasteiger partial charge in [-0.25, -0.2) is 0 Å². The Morgan fingerprint density at radius 1 is 1.32 bits per heavy atom. The number of amides is 1. The Hall–Kier alpha value is -1.30. The molecule has 6 heteroatoms. The van der Waals surface area contributed by atoms with Crippen molar-refractivity contribution < 1.29 is 14.3 Å². The molecule has 1 aliphatic rings. The largest absolute Gasteiger partial charge is 0.492 e. The van der Waals surface area contributed by atoms with Gasteiger partial charge < -0.3 is 14.8 Å². The lowest BCUT2D eigenvalue weighted by molar-refractivity contribution is -0.126. The molecule has 1 saturated heterocycles. The van der Waals surface area contributed by atoms with Gasteiger partial charge in [-0.1, -0.05) is 11.6 Å². The number of benzene rings is 1. The minimum Gasteiger partial charge on any atom is -0.492 e. The molecule has 2 atom stereocenters. The van der Waals surface area contributed by atoms with Gasteiger partial charge >= 0.3 is 0 Å². The van der Waals surface area contributed by atoms with E-state index >= 15 is 0 Å². The SMILES string of the molecule is CC1CN(CC(=O)NCCOc2ccc(Cl)cc2)CC(C)O1. The summed E-state index contributed by atoms with van der Waals surface area (Å²) in [6, 6.07) is 7.16. The molecule has 5 nitrogen and oxygen atoms in total. The molecule has 122 valence electrons. The first-order valence-electron chi connectivity index (χ1n) is 7.56. The maximum Gasteiger partial charge on any atom is 0.234 e. The number of carbonyl (C=O) groups is 1. The van der Waals surface area contributed by atoms with Crippen LogP contribution in [-0.2, 0) is 9.53 Å². The average Bonchev–Trinajstić information content (AvgIpc) is 2.44. The van der Waals surface area contributed by atoms with Gasteiger partial charge in [0.05, 0.1) is 25.3 Å². The van der Waals surface area contributed by atoms with Gasteiger partial charge in [-0.3, -0.25) is 9.69 Å². The van der Waals surface area contributed by atoms with Gasteiger partial charge in [0.2, 0.25) is 5.91 Å². The van der Waals surface area contributed by atoms with Gasteiger partial charge in [0.1, 0.15) is 12.4 Å². The van der Waals surface area contributed by atoms with Gasteiger partial charge in [-0.15, -0.1) is 0 Å². The van der Waals surface area contributed by atoms with Gasteiger partial charge in [-0.05, 0) is 38.1 Å². The fourth-order valence-corrected chi connectivity index (χ4v) is 2.69. The number of halogens is 1. The molecule has 1 N–H and O–H groups in total. The third kappa shape index (κ3) is 5.83. The Labute approximate surface area is 136 Å². The molecule has 1 fully saturated rings. The highest BCUT2D eigenvalue weighted by molar-refractivity contribution is 6.30. The first-order valence-corrected chi connectivity index (χ1v) is 7.93. The van der Waals surface area contributed by atoms with Gasteiger partial charge in [-0.2, -0.15) is 0 Å². The number of hydrogen-bond acceptors (Lipinski definition) is 4. The highest BCUT2D eigenvalue weighted by Gasteiger charge is 2.23. The smallest absolute Gasteiger partial charge is 0.234 e. The molecule has 22 heavy (non-hydrogen) atoms. The normalized spacial score (nSPS) is 22.3. The zero-order chi connectivity index (χ0) is 15.9. The first-order chi connectivity index (χ1) is 10.5. The van der Waals surface area contributed by atoms with Crippen molar-refractivity contribution in [3.05, 3.63) is 29.3 Å². The van der Waals surface area contributed by atoms with Crippen LogP contribution in [0.3, 0.4) is 0 Å². The number of ether oxygens (including phenoxy) is 2. The average molecular weight is 327 g/mol. The van der Waals surface area contributed by atoms with E-state index in [0.29, 0.717) is 24.7 Å². The second kappa shape index (κ2) is 8.36. The van der Waals surface area contributed by atoms with Crippen molar-refractivity contribution in [1.29, 1.82) is 0 Å². The maximum atomic E-state index is 11.9. The lowest BCUT2D eigenvalue weighted by Crippen LogP contribution is -2.49. The Morgan fingerprint density at radius 2 is 1.95 bits per heavy atom. The number of rotatable bonds is 6. The number of carbonyl (C=O) groups excluding carboxylic acids is 1. The van der Waals surface area contributed by atoms with Crippen LogP contribution < -0.4 is 10.1 Å². The number of nitrogens with one attached hydrogen (secondary N) is 1. The van der Waals surface area contributed by atoms with Crippen LogP contribution in [-0.4, -0.2) is 55.8 Å². The third-order valence-corrected chi connectivity index (χ3v) is 3.62. The molecule has 0 radical (unpaired) electrons. The topological polar surface area (TPSA) is 50.8 Å². The highest BCUT2D eigenvalue weighted by atomic mass is 35.5. The molecular weight excluding hydrogens is 304 g/mol. The summed E-state index contributed by atoms with van der Waals surface area (Å²) in [4.78, 5) is 14.0. The zero-order valence-corrected chi connectivity index (χ0v) is 13.8. The van der Waals surface area contributed by atoms with Crippen LogP contribution in [0.2, 0.25) is 5.02 Å². The van der Waals surface area contributed by atoms with Crippen LogP contribution >= 0.6 is 11.6 Å². The molecule has 0 spiro atoms. The molecule has 0 saturated carbocycles. The summed E-state index contributed by atoms with van der Waals surface area (Å²) in [7, 11) is 0. The summed E-state index contributed by atoms with van der Waals surface area (Å²) in [5.41, 5.74) is 0. The molecule has 2 rings (SSSR count). The fraction of sp³-hybridized carbons (Fsp3) is 0.562. The zero-order valence-electron chi connectivity index (χ0n) is 13.0. The van der Waals surface area contributed by atoms with E-state index < -0.39 is 0 Å². The minimum atomic E-state index is 0.0148. The van der Waals surface area contributed by atoms with Crippen molar-refractivity contribution >= 4 is 17.5 Å². The molecule has 1 aliphatic heterocycles. The Balaban J connectivity index is 1.62. The summed E-state index contributed by atoms with van der Waals surface area (Å²) >= 11 is 5.80. The van der Waals surface area contributed by atoms with E-state index in [1.54, 1.807) is 24.3 Å². The number of morpholine rings is 1. The standard InChI is InChI=1S/C16H23ClN2O3/c1-12-9-19(10-13(2)22-12)11-16(20)18-7-8-21-15-5-3-14(17)4-6-15/h3-6,12-13H,7-11H2,1-2H3,(H,18,20). The first kappa shape index (κ1) is 17.1. The van der Waals surface area contributed by atoms with Crippen molar-refractivity contribution in [3.63, 3.8) is 0 Å². The lowest BCUT2D eigenvalue weighted by Gasteiger charge is -2.34. The third-order valence-electron chi connectivity index (χ3n) is 3.37. The monoisotopic (exact) mass is 326 g/mol. The van der Waals surface area contributed by atoms with E-state index in [0.717, 1.165) is 18.8 Å². The molecule has 1 heterocycles. The van der Waals surface area contributed by atoms with Crippen LogP contribution in [0.15, 0.2) is 24.3 Å². The van der Waals surface area contributed by atoms with Crippen LogP contribution in [0.5, 0.6) is 5.75 Å². The van der Waals surface area contributed by atoms with Crippen LogP contribution in [0, 0.1) is 0 Å². The van der Waals surface area contributed by atoms with E-state index in [4.69, 9.17) is 21.1 Å². The van der Waals surface area contributed by atoms with Crippen LogP contribution in [0.1, 0.15) is 13.8 Å². The lowest BCUT2D eigenvalue weighted by atomic mass is 10.2. The molecule has 1 aromatic carbocycles. The Morgan fingerprint density at radius 3 is 2.59 bits per heavy atom.